The molecule has 0 aliphatic heterocycles. The van der Waals surface area contributed by atoms with Gasteiger partial charge in [0.1, 0.15) is 5.88 Å². The minimum absolute atomic E-state index is 0.0210. The Morgan fingerprint density at radius 3 is 3.20 bits per heavy atom. The SMILES string of the molecule is [NH-]c1c[n+](NCCO)no1. The van der Waals surface area contributed by atoms with Gasteiger partial charge in [-0.15, -0.1) is 0 Å². The Morgan fingerprint density at radius 1 is 1.90 bits per heavy atom. The fraction of sp³-hybridized carbons (Fsp3) is 0.500. The van der Waals surface area contributed by atoms with Gasteiger partial charge >= 0.3 is 0 Å². The summed E-state index contributed by atoms with van der Waals surface area (Å²) in [6.07, 6.45) is 1.36. The number of aliphatic hydroxyl groups excluding tert-OH is 1. The van der Waals surface area contributed by atoms with Gasteiger partial charge in [-0.05, 0) is 0 Å². The molecule has 56 valence electrons. The first-order valence-corrected chi connectivity index (χ1v) is 2.78. The summed E-state index contributed by atoms with van der Waals surface area (Å²) in [6.45, 7) is 0.407. The Morgan fingerprint density at radius 2 is 2.70 bits per heavy atom. The summed E-state index contributed by atoms with van der Waals surface area (Å²) in [7, 11) is 0. The molecule has 0 spiro atoms. The molecule has 0 amide bonds. The van der Waals surface area contributed by atoms with Crippen LogP contribution in [0.4, 0.5) is 5.88 Å². The molecule has 1 aromatic heterocycles. The van der Waals surface area contributed by atoms with Crippen molar-refractivity contribution < 1.29 is 14.4 Å². The molecule has 0 aliphatic carbocycles. The average Bonchev–Trinajstić information content (AvgIpc) is 2.31. The van der Waals surface area contributed by atoms with Gasteiger partial charge in [0, 0.05) is 0 Å². The first kappa shape index (κ1) is 6.81. The van der Waals surface area contributed by atoms with Crippen LogP contribution in [0.2, 0.25) is 0 Å². The molecule has 0 bridgehead atoms. The molecule has 0 aliphatic rings. The molecule has 1 heterocycles. The van der Waals surface area contributed by atoms with Crippen molar-refractivity contribution in [3.63, 3.8) is 0 Å². The van der Waals surface area contributed by atoms with Crippen molar-refractivity contribution in [3.8, 4) is 0 Å². The van der Waals surface area contributed by atoms with Gasteiger partial charge in [0.05, 0.1) is 17.9 Å². The summed E-state index contributed by atoms with van der Waals surface area (Å²) in [6, 6.07) is 0. The second-order valence-electron chi connectivity index (χ2n) is 1.64. The van der Waals surface area contributed by atoms with Gasteiger partial charge in [0.15, 0.2) is 0 Å². The lowest BCUT2D eigenvalue weighted by atomic mass is 10.7. The van der Waals surface area contributed by atoms with Gasteiger partial charge in [-0.3, -0.25) is 0 Å². The molecule has 0 saturated carbocycles. The van der Waals surface area contributed by atoms with Crippen molar-refractivity contribution in [2.75, 3.05) is 18.6 Å². The van der Waals surface area contributed by atoms with E-state index >= 15 is 0 Å². The molecule has 3 N–H and O–H groups in total. The van der Waals surface area contributed by atoms with Gasteiger partial charge in [0.2, 0.25) is 5.27 Å². The summed E-state index contributed by atoms with van der Waals surface area (Å²) < 4.78 is 4.40. The second-order valence-corrected chi connectivity index (χ2v) is 1.64. The third kappa shape index (κ3) is 1.59. The monoisotopic (exact) mass is 144 g/mol. The number of nitrogens with one attached hydrogen (secondary N) is 2. The van der Waals surface area contributed by atoms with Gasteiger partial charge in [-0.2, -0.15) is 5.43 Å². The van der Waals surface area contributed by atoms with Crippen LogP contribution in [0.25, 0.3) is 5.73 Å². The standard InChI is InChI=1S/C4H8N4O2/c5-4-3-8(7-10-4)6-1-2-9/h3,5,9H,1-2H2,(H,6,7). The van der Waals surface area contributed by atoms with E-state index in [1.807, 2.05) is 0 Å². The fourth-order valence-corrected chi connectivity index (χ4v) is 0.485. The van der Waals surface area contributed by atoms with Gasteiger partial charge in [-0.1, -0.05) is 0 Å². The molecule has 6 heteroatoms. The highest BCUT2D eigenvalue weighted by Gasteiger charge is 2.01. The lowest BCUT2D eigenvalue weighted by molar-refractivity contribution is -0.719. The van der Waals surface area contributed by atoms with E-state index in [1.54, 1.807) is 0 Å². The lowest BCUT2D eigenvalue weighted by Gasteiger charge is -1.87. The van der Waals surface area contributed by atoms with Gasteiger partial charge in [0.25, 0.3) is 6.20 Å². The maximum atomic E-state index is 8.35. The molecule has 0 unspecified atom stereocenters. The maximum absolute atomic E-state index is 8.35. The van der Waals surface area contributed by atoms with Crippen LogP contribution < -0.4 is 10.2 Å². The molecule has 0 atom stereocenters. The predicted octanol–water partition coefficient (Wildman–Crippen LogP) is -0.818. The molecule has 0 saturated heterocycles. The van der Waals surface area contributed by atoms with Crippen molar-refractivity contribution in [1.82, 2.24) is 5.27 Å². The molecular weight excluding hydrogens is 136 g/mol. The van der Waals surface area contributed by atoms with Gasteiger partial charge < -0.3 is 15.4 Å². The summed E-state index contributed by atoms with van der Waals surface area (Å²) in [4.78, 5) is 1.23. The van der Waals surface area contributed by atoms with Crippen molar-refractivity contribution in [3.05, 3.63) is 11.9 Å². The van der Waals surface area contributed by atoms with Crippen LogP contribution in [0.1, 0.15) is 0 Å². The topological polar surface area (TPSA) is 86.0 Å². The van der Waals surface area contributed by atoms with Crippen LogP contribution >= 0.6 is 0 Å². The van der Waals surface area contributed by atoms with Crippen LogP contribution in [0.5, 0.6) is 0 Å². The molecule has 0 radical (unpaired) electrons. The first-order valence-electron chi connectivity index (χ1n) is 2.78. The van der Waals surface area contributed by atoms with Crippen molar-refractivity contribution in [2.45, 2.75) is 0 Å². The highest BCUT2D eigenvalue weighted by molar-refractivity contribution is 5.19. The zero-order valence-corrected chi connectivity index (χ0v) is 5.24. The molecule has 0 aromatic carbocycles. The van der Waals surface area contributed by atoms with Crippen LogP contribution in [-0.2, 0) is 0 Å². The number of hydrogen-bond donors (Lipinski definition) is 2. The van der Waals surface area contributed by atoms with Crippen molar-refractivity contribution in [2.24, 2.45) is 0 Å². The van der Waals surface area contributed by atoms with Crippen LogP contribution in [0, 0.1) is 0 Å². The number of aliphatic hydroxyl groups is 1. The zero-order chi connectivity index (χ0) is 7.40. The van der Waals surface area contributed by atoms with Crippen molar-refractivity contribution >= 4 is 5.88 Å². The maximum Gasteiger partial charge on any atom is 0.256 e. The van der Waals surface area contributed by atoms with E-state index in [2.05, 4.69) is 15.2 Å². The zero-order valence-electron chi connectivity index (χ0n) is 5.24. The fourth-order valence-electron chi connectivity index (χ4n) is 0.485. The van der Waals surface area contributed by atoms with E-state index in [0.717, 1.165) is 0 Å². The lowest BCUT2D eigenvalue weighted by Crippen LogP contribution is -2.47. The van der Waals surface area contributed by atoms with Crippen LogP contribution in [-0.4, -0.2) is 23.5 Å². The quantitative estimate of drug-likeness (QED) is 0.543. The summed E-state index contributed by atoms with van der Waals surface area (Å²) >= 11 is 0. The molecule has 1 rings (SSSR count). The normalized spacial score (nSPS) is 9.70. The van der Waals surface area contributed by atoms with E-state index in [9.17, 15) is 0 Å². The number of hydrogen-bond acceptors (Lipinski definition) is 4. The van der Waals surface area contributed by atoms with E-state index in [-0.39, 0.29) is 12.5 Å². The number of nitrogens with zero attached hydrogens (tertiary/aromatic N) is 2. The molecule has 6 nitrogen and oxygen atoms in total. The molecular formula is C4H8N4O2. The Hall–Kier alpha value is -1.30. The largest absolute Gasteiger partial charge is 0.660 e. The first-order chi connectivity index (χ1) is 4.83. The summed E-state index contributed by atoms with van der Waals surface area (Å²) in [5.74, 6) is -0.0227. The van der Waals surface area contributed by atoms with Crippen LogP contribution in [0.3, 0.4) is 0 Å². The van der Waals surface area contributed by atoms with E-state index in [4.69, 9.17) is 10.8 Å². The Kier molecular flexibility index (Phi) is 2.06. The molecule has 0 fully saturated rings. The highest BCUT2D eigenvalue weighted by atomic mass is 16.5. The van der Waals surface area contributed by atoms with Crippen molar-refractivity contribution in [1.29, 1.82) is 0 Å². The molecule has 10 heavy (non-hydrogen) atoms. The Bertz CT molecular complexity index is 199. The second kappa shape index (κ2) is 3.02. The third-order valence-corrected chi connectivity index (χ3v) is 0.852. The predicted molar refractivity (Wildman–Crippen MR) is 32.0 cm³/mol. The van der Waals surface area contributed by atoms with E-state index < -0.39 is 0 Å². The van der Waals surface area contributed by atoms with E-state index in [0.29, 0.717) is 6.54 Å². The summed E-state index contributed by atoms with van der Waals surface area (Å²) in [5.41, 5.74) is 9.56. The number of rotatable bonds is 3. The molecule has 1 aromatic rings. The highest BCUT2D eigenvalue weighted by Crippen LogP contribution is 1.99. The smallest absolute Gasteiger partial charge is 0.256 e. The minimum Gasteiger partial charge on any atom is -0.660 e. The van der Waals surface area contributed by atoms with E-state index in [1.165, 1.54) is 11.0 Å². The third-order valence-electron chi connectivity index (χ3n) is 0.852. The Balaban J connectivity index is 2.42. The minimum atomic E-state index is -0.0227. The van der Waals surface area contributed by atoms with Gasteiger partial charge in [-0.25, -0.2) is 0 Å². The number of aromatic nitrogens is 2. The Labute approximate surface area is 57.2 Å². The average molecular weight is 144 g/mol. The van der Waals surface area contributed by atoms with Crippen LogP contribution in [0.15, 0.2) is 10.7 Å². The summed E-state index contributed by atoms with van der Waals surface area (Å²) in [5, 5.41) is 11.7.